The van der Waals surface area contributed by atoms with Gasteiger partial charge in [0.1, 0.15) is 0 Å². The van der Waals surface area contributed by atoms with Crippen molar-refractivity contribution in [3.8, 4) is 16.8 Å². The lowest BCUT2D eigenvalue weighted by Gasteiger charge is -2.10. The molecule has 0 N–H and O–H groups in total. The number of fused-ring (bicyclic) bond motifs is 6. The Labute approximate surface area is 191 Å². The quantitative estimate of drug-likeness (QED) is 0.260. The predicted octanol–water partition coefficient (Wildman–Crippen LogP) is 8.82. The molecule has 7 rings (SSSR count). The van der Waals surface area contributed by atoms with Gasteiger partial charge in [0.2, 0.25) is 0 Å². The number of aromatic nitrogens is 1. The second kappa shape index (κ2) is 6.81. The lowest BCUT2D eigenvalue weighted by atomic mass is 10.0. The van der Waals surface area contributed by atoms with Gasteiger partial charge in [0.05, 0.1) is 12.4 Å². The van der Waals surface area contributed by atoms with E-state index in [9.17, 15) is 0 Å². The van der Waals surface area contributed by atoms with Crippen molar-refractivity contribution in [3.05, 3.63) is 115 Å². The summed E-state index contributed by atoms with van der Waals surface area (Å²) >= 11 is 1.85. The SMILES string of the molecule is [2H]c1cccc2c3ccccc3n(-c3cccc(-c4ccc5sc6ccccc6c5c4)c3)c12. The zero-order chi connectivity index (χ0) is 21.9. The largest absolute Gasteiger partial charge is 0.309 e. The number of rotatable bonds is 2. The Balaban J connectivity index is 1.47. The van der Waals surface area contributed by atoms with E-state index in [2.05, 4.69) is 102 Å². The van der Waals surface area contributed by atoms with Crippen molar-refractivity contribution in [3.63, 3.8) is 0 Å². The number of benzene rings is 5. The van der Waals surface area contributed by atoms with E-state index in [1.165, 1.54) is 36.7 Å². The summed E-state index contributed by atoms with van der Waals surface area (Å²) in [6.07, 6.45) is 0. The zero-order valence-electron chi connectivity index (χ0n) is 18.2. The Hall–Kier alpha value is -3.88. The Bertz CT molecular complexity index is 1840. The molecule has 7 aromatic rings. The van der Waals surface area contributed by atoms with Crippen molar-refractivity contribution in [2.75, 3.05) is 0 Å². The highest BCUT2D eigenvalue weighted by atomic mass is 32.1. The van der Waals surface area contributed by atoms with Crippen molar-refractivity contribution >= 4 is 53.3 Å². The van der Waals surface area contributed by atoms with Crippen LogP contribution in [0.4, 0.5) is 0 Å². The van der Waals surface area contributed by atoms with Gasteiger partial charge in [-0.2, -0.15) is 0 Å². The summed E-state index contributed by atoms with van der Waals surface area (Å²) in [7, 11) is 0. The molecule has 150 valence electrons. The first-order chi connectivity index (χ1) is 16.3. The van der Waals surface area contributed by atoms with Crippen LogP contribution in [0, 0.1) is 0 Å². The monoisotopic (exact) mass is 426 g/mol. The maximum atomic E-state index is 8.63. The highest BCUT2D eigenvalue weighted by Crippen LogP contribution is 2.37. The Morgan fingerprint density at radius 1 is 0.531 bits per heavy atom. The van der Waals surface area contributed by atoms with E-state index in [1.54, 1.807) is 0 Å². The minimum absolute atomic E-state index is 0.542. The zero-order valence-corrected chi connectivity index (χ0v) is 18.1. The summed E-state index contributed by atoms with van der Waals surface area (Å²) in [5.41, 5.74) is 5.55. The Morgan fingerprint density at radius 3 is 2.19 bits per heavy atom. The smallest absolute Gasteiger partial charge is 0.0645 e. The van der Waals surface area contributed by atoms with E-state index in [-0.39, 0.29) is 0 Å². The molecule has 0 saturated heterocycles. The van der Waals surface area contributed by atoms with Gasteiger partial charge in [-0.05, 0) is 53.6 Å². The number of nitrogens with zero attached hydrogens (tertiary/aromatic N) is 1. The van der Waals surface area contributed by atoms with Crippen molar-refractivity contribution in [2.45, 2.75) is 0 Å². The van der Waals surface area contributed by atoms with Gasteiger partial charge < -0.3 is 4.57 Å². The third kappa shape index (κ3) is 2.57. The second-order valence-electron chi connectivity index (χ2n) is 8.14. The standard InChI is InChI=1S/C30H19NS/c1-4-13-27-23(10-1)24-11-2-5-14-28(24)31(27)22-9-7-8-20(18-22)21-16-17-30-26(19-21)25-12-3-6-15-29(25)32-30/h1-19H/i13D. The number of thiophene rings is 1. The molecule has 0 aliphatic rings. The first-order valence-corrected chi connectivity index (χ1v) is 11.6. The number of hydrogen-bond donors (Lipinski definition) is 0. The summed E-state index contributed by atoms with van der Waals surface area (Å²) in [5.74, 6) is 0. The van der Waals surface area contributed by atoms with Crippen LogP contribution in [0.25, 0.3) is 58.8 Å². The van der Waals surface area contributed by atoms with Crippen molar-refractivity contribution in [1.29, 1.82) is 0 Å². The Kier molecular flexibility index (Phi) is 3.57. The van der Waals surface area contributed by atoms with Crippen LogP contribution >= 0.6 is 11.3 Å². The maximum absolute atomic E-state index is 8.63. The van der Waals surface area contributed by atoms with Crippen LogP contribution in [-0.2, 0) is 0 Å². The van der Waals surface area contributed by atoms with Crippen LogP contribution in [0.3, 0.4) is 0 Å². The predicted molar refractivity (Wildman–Crippen MR) is 139 cm³/mol. The minimum Gasteiger partial charge on any atom is -0.309 e. The number of para-hydroxylation sites is 2. The molecule has 0 spiro atoms. The molecule has 0 amide bonds. The third-order valence-electron chi connectivity index (χ3n) is 6.31. The molecule has 1 nitrogen and oxygen atoms in total. The van der Waals surface area contributed by atoms with Gasteiger partial charge in [-0.25, -0.2) is 0 Å². The van der Waals surface area contributed by atoms with E-state index in [0.29, 0.717) is 6.04 Å². The van der Waals surface area contributed by atoms with Crippen molar-refractivity contribution < 1.29 is 1.37 Å². The summed E-state index contributed by atoms with van der Waals surface area (Å²) in [6.45, 7) is 0. The average molecular weight is 427 g/mol. The topological polar surface area (TPSA) is 4.93 Å². The van der Waals surface area contributed by atoms with Gasteiger partial charge in [-0.3, -0.25) is 0 Å². The molecular weight excluding hydrogens is 406 g/mol. The Morgan fingerprint density at radius 2 is 1.25 bits per heavy atom. The second-order valence-corrected chi connectivity index (χ2v) is 9.23. The molecule has 2 heteroatoms. The molecule has 0 atom stereocenters. The number of hydrogen-bond acceptors (Lipinski definition) is 1. The fourth-order valence-corrected chi connectivity index (χ4v) is 5.93. The normalized spacial score (nSPS) is 12.2. The fraction of sp³-hybridized carbons (Fsp3) is 0. The summed E-state index contributed by atoms with van der Waals surface area (Å²) in [4.78, 5) is 0. The first kappa shape index (κ1) is 16.8. The lowest BCUT2D eigenvalue weighted by molar-refractivity contribution is 1.18. The maximum Gasteiger partial charge on any atom is 0.0645 e. The van der Waals surface area contributed by atoms with Gasteiger partial charge in [-0.15, -0.1) is 11.3 Å². The summed E-state index contributed by atoms with van der Waals surface area (Å²) in [6, 6.07) is 39.0. The molecule has 2 heterocycles. The third-order valence-corrected chi connectivity index (χ3v) is 7.46. The molecule has 0 aliphatic carbocycles. The molecule has 2 aromatic heterocycles. The van der Waals surface area contributed by atoms with Crippen LogP contribution in [-0.4, -0.2) is 4.57 Å². The van der Waals surface area contributed by atoms with Crippen molar-refractivity contribution in [2.24, 2.45) is 0 Å². The van der Waals surface area contributed by atoms with E-state index >= 15 is 0 Å². The minimum atomic E-state index is 0.542. The molecule has 0 bridgehead atoms. The van der Waals surface area contributed by atoms with E-state index < -0.39 is 0 Å². The van der Waals surface area contributed by atoms with Gasteiger partial charge >= 0.3 is 0 Å². The highest BCUT2D eigenvalue weighted by Gasteiger charge is 2.12. The lowest BCUT2D eigenvalue weighted by Crippen LogP contribution is -1.94. The van der Waals surface area contributed by atoms with Crippen LogP contribution in [0.15, 0.2) is 115 Å². The highest BCUT2D eigenvalue weighted by molar-refractivity contribution is 7.25. The average Bonchev–Trinajstić information content (AvgIpc) is 3.40. The van der Waals surface area contributed by atoms with E-state index in [0.717, 1.165) is 22.1 Å². The van der Waals surface area contributed by atoms with Gasteiger partial charge in [0.25, 0.3) is 0 Å². The molecule has 0 fully saturated rings. The van der Waals surface area contributed by atoms with E-state index in [4.69, 9.17) is 1.37 Å². The summed E-state index contributed by atoms with van der Waals surface area (Å²) < 4.78 is 13.5. The molecule has 5 aromatic carbocycles. The fourth-order valence-electron chi connectivity index (χ4n) is 4.85. The molecular formula is C30H19NS. The molecule has 0 aliphatic heterocycles. The van der Waals surface area contributed by atoms with E-state index in [1.807, 2.05) is 23.5 Å². The molecule has 0 saturated carbocycles. The van der Waals surface area contributed by atoms with Gasteiger partial charge in [0, 0.05) is 36.6 Å². The first-order valence-electron chi connectivity index (χ1n) is 11.3. The van der Waals surface area contributed by atoms with Gasteiger partial charge in [-0.1, -0.05) is 72.8 Å². The van der Waals surface area contributed by atoms with Crippen LogP contribution in [0.2, 0.25) is 0 Å². The molecule has 0 unspecified atom stereocenters. The summed E-state index contributed by atoms with van der Waals surface area (Å²) in [5, 5.41) is 4.92. The molecule has 32 heavy (non-hydrogen) atoms. The van der Waals surface area contributed by atoms with Gasteiger partial charge in [0.15, 0.2) is 0 Å². The van der Waals surface area contributed by atoms with Crippen LogP contribution in [0.1, 0.15) is 1.37 Å². The van der Waals surface area contributed by atoms with Crippen LogP contribution in [0.5, 0.6) is 0 Å². The van der Waals surface area contributed by atoms with Crippen LogP contribution < -0.4 is 0 Å². The van der Waals surface area contributed by atoms with Crippen molar-refractivity contribution in [1.82, 2.24) is 4.57 Å². The molecule has 0 radical (unpaired) electrons.